The van der Waals surface area contributed by atoms with Crippen LogP contribution in [0, 0.1) is 6.92 Å². The molecule has 0 spiro atoms. The van der Waals surface area contributed by atoms with E-state index >= 15 is 0 Å². The average molecular weight is 366 g/mol. The van der Waals surface area contributed by atoms with E-state index in [-0.39, 0.29) is 5.54 Å². The molecule has 6 heteroatoms. The monoisotopic (exact) mass is 365 g/mol. The topological polar surface area (TPSA) is 52.7 Å². The van der Waals surface area contributed by atoms with Crippen molar-refractivity contribution in [2.75, 3.05) is 39.8 Å². The van der Waals surface area contributed by atoms with Crippen LogP contribution in [0.2, 0.25) is 0 Å². The SMILES string of the molecule is Cc1ccc(S(=O)(=O)NCC2(N3CCN(C)CC3)CCCCC2)cc1. The predicted molar refractivity (Wildman–Crippen MR) is 101 cm³/mol. The van der Waals surface area contributed by atoms with Gasteiger partial charge in [-0.3, -0.25) is 4.90 Å². The molecule has 0 atom stereocenters. The molecule has 1 aliphatic carbocycles. The number of nitrogens with one attached hydrogen (secondary N) is 1. The van der Waals surface area contributed by atoms with Gasteiger partial charge in [0.1, 0.15) is 0 Å². The van der Waals surface area contributed by atoms with Crippen LogP contribution in [0.4, 0.5) is 0 Å². The number of aryl methyl sites for hydroxylation is 1. The van der Waals surface area contributed by atoms with Crippen LogP contribution in [0.15, 0.2) is 29.2 Å². The molecule has 1 aromatic carbocycles. The summed E-state index contributed by atoms with van der Waals surface area (Å²) >= 11 is 0. The Morgan fingerprint density at radius 2 is 1.60 bits per heavy atom. The van der Waals surface area contributed by atoms with E-state index in [1.54, 1.807) is 12.1 Å². The Hall–Kier alpha value is -0.950. The van der Waals surface area contributed by atoms with Crippen LogP contribution < -0.4 is 4.72 Å². The summed E-state index contributed by atoms with van der Waals surface area (Å²) in [5, 5.41) is 0. The quantitative estimate of drug-likeness (QED) is 0.869. The number of benzene rings is 1. The Balaban J connectivity index is 1.73. The van der Waals surface area contributed by atoms with Gasteiger partial charge in [-0.15, -0.1) is 0 Å². The molecule has 1 heterocycles. The van der Waals surface area contributed by atoms with E-state index in [4.69, 9.17) is 0 Å². The highest BCUT2D eigenvalue weighted by Gasteiger charge is 2.39. The molecule has 5 nitrogen and oxygen atoms in total. The fourth-order valence-electron chi connectivity index (χ4n) is 4.13. The molecule has 0 aromatic heterocycles. The zero-order valence-corrected chi connectivity index (χ0v) is 16.3. The molecule has 25 heavy (non-hydrogen) atoms. The minimum Gasteiger partial charge on any atom is -0.304 e. The van der Waals surface area contributed by atoms with Crippen molar-refractivity contribution in [2.24, 2.45) is 0 Å². The van der Waals surface area contributed by atoms with Crippen LogP contribution in [0.25, 0.3) is 0 Å². The second-order valence-electron chi connectivity index (χ2n) is 7.71. The summed E-state index contributed by atoms with van der Waals surface area (Å²) in [7, 11) is -1.29. The van der Waals surface area contributed by atoms with E-state index < -0.39 is 10.0 Å². The number of rotatable bonds is 5. The first kappa shape index (κ1) is 18.8. The second-order valence-corrected chi connectivity index (χ2v) is 9.48. The van der Waals surface area contributed by atoms with Gasteiger partial charge >= 0.3 is 0 Å². The van der Waals surface area contributed by atoms with Gasteiger partial charge < -0.3 is 4.90 Å². The predicted octanol–water partition coefficient (Wildman–Crippen LogP) is 2.22. The zero-order chi connectivity index (χ0) is 17.9. The molecule has 0 bridgehead atoms. The van der Waals surface area contributed by atoms with Crippen molar-refractivity contribution in [3.05, 3.63) is 29.8 Å². The van der Waals surface area contributed by atoms with Crippen LogP contribution >= 0.6 is 0 Å². The molecule has 1 aromatic rings. The molecule has 1 N–H and O–H groups in total. The first-order valence-electron chi connectivity index (χ1n) is 9.41. The summed E-state index contributed by atoms with van der Waals surface area (Å²) in [6.45, 7) is 6.67. The number of hydrogen-bond donors (Lipinski definition) is 1. The first-order valence-corrected chi connectivity index (χ1v) is 10.9. The zero-order valence-electron chi connectivity index (χ0n) is 15.5. The molecule has 1 aliphatic heterocycles. The van der Waals surface area contributed by atoms with Crippen molar-refractivity contribution in [1.29, 1.82) is 0 Å². The van der Waals surface area contributed by atoms with Gasteiger partial charge in [0, 0.05) is 38.3 Å². The molecule has 1 saturated heterocycles. The molecule has 0 unspecified atom stereocenters. The second kappa shape index (κ2) is 7.74. The van der Waals surface area contributed by atoms with E-state index in [1.807, 2.05) is 19.1 Å². The molecular weight excluding hydrogens is 334 g/mol. The minimum absolute atomic E-state index is 0.0166. The standard InChI is InChI=1S/C19H31N3O2S/c1-17-6-8-18(9-7-17)25(23,24)20-16-19(10-4-3-5-11-19)22-14-12-21(2)13-15-22/h6-9,20H,3-5,10-16H2,1-2H3. The van der Waals surface area contributed by atoms with Gasteiger partial charge in [0.15, 0.2) is 0 Å². The maximum absolute atomic E-state index is 12.7. The highest BCUT2D eigenvalue weighted by Crippen LogP contribution is 2.34. The molecular formula is C19H31N3O2S. The molecule has 2 aliphatic rings. The number of hydrogen-bond acceptors (Lipinski definition) is 4. The maximum Gasteiger partial charge on any atom is 0.240 e. The third-order valence-corrected chi connectivity index (χ3v) is 7.30. The third-order valence-electron chi connectivity index (χ3n) is 5.88. The van der Waals surface area contributed by atoms with Crippen molar-refractivity contribution in [3.8, 4) is 0 Å². The van der Waals surface area contributed by atoms with Gasteiger partial charge in [0.25, 0.3) is 0 Å². The molecule has 1 saturated carbocycles. The van der Waals surface area contributed by atoms with Gasteiger partial charge in [0.05, 0.1) is 4.90 Å². The highest BCUT2D eigenvalue weighted by atomic mass is 32.2. The fraction of sp³-hybridized carbons (Fsp3) is 0.684. The number of sulfonamides is 1. The Morgan fingerprint density at radius 3 is 2.20 bits per heavy atom. The lowest BCUT2D eigenvalue weighted by Crippen LogP contribution is -2.61. The van der Waals surface area contributed by atoms with Crippen molar-refractivity contribution in [1.82, 2.24) is 14.5 Å². The number of likely N-dealkylation sites (N-methyl/N-ethyl adjacent to an activating group) is 1. The molecule has 3 rings (SSSR count). The smallest absolute Gasteiger partial charge is 0.240 e. The summed E-state index contributed by atoms with van der Waals surface area (Å²) in [4.78, 5) is 5.26. The normalized spacial score (nSPS) is 22.8. The van der Waals surface area contributed by atoms with Crippen molar-refractivity contribution in [2.45, 2.75) is 49.5 Å². The largest absolute Gasteiger partial charge is 0.304 e. The van der Waals surface area contributed by atoms with E-state index in [9.17, 15) is 8.42 Å². The van der Waals surface area contributed by atoms with Gasteiger partial charge in [-0.2, -0.15) is 0 Å². The lowest BCUT2D eigenvalue weighted by molar-refractivity contribution is 0.0171. The maximum atomic E-state index is 12.7. The lowest BCUT2D eigenvalue weighted by atomic mass is 9.80. The van der Waals surface area contributed by atoms with Gasteiger partial charge in [-0.25, -0.2) is 13.1 Å². The molecule has 0 amide bonds. The van der Waals surface area contributed by atoms with Crippen LogP contribution in [0.5, 0.6) is 0 Å². The van der Waals surface area contributed by atoms with Gasteiger partial charge in [-0.05, 0) is 38.9 Å². The Bertz CT molecular complexity index is 658. The van der Waals surface area contributed by atoms with Crippen LogP contribution in [0.3, 0.4) is 0 Å². The summed E-state index contributed by atoms with van der Waals surface area (Å²) in [5.74, 6) is 0. The molecule has 0 radical (unpaired) electrons. The van der Waals surface area contributed by atoms with Crippen LogP contribution in [0.1, 0.15) is 37.7 Å². The summed E-state index contributed by atoms with van der Waals surface area (Å²) in [5.41, 5.74) is 1.05. The van der Waals surface area contributed by atoms with Gasteiger partial charge in [-0.1, -0.05) is 37.0 Å². The summed E-state index contributed by atoms with van der Waals surface area (Å²) < 4.78 is 28.4. The fourth-order valence-corrected chi connectivity index (χ4v) is 5.25. The highest BCUT2D eigenvalue weighted by molar-refractivity contribution is 7.89. The lowest BCUT2D eigenvalue weighted by Gasteiger charge is -2.49. The number of nitrogens with zero attached hydrogens (tertiary/aromatic N) is 2. The Kier molecular flexibility index (Phi) is 5.83. The van der Waals surface area contributed by atoms with Crippen LogP contribution in [-0.4, -0.2) is 63.5 Å². The van der Waals surface area contributed by atoms with Gasteiger partial charge in [0.2, 0.25) is 10.0 Å². The van der Waals surface area contributed by atoms with E-state index in [2.05, 4.69) is 21.6 Å². The van der Waals surface area contributed by atoms with Crippen LogP contribution in [-0.2, 0) is 10.0 Å². The number of piperazine rings is 1. The Labute approximate surface area is 152 Å². The Morgan fingerprint density at radius 1 is 1.00 bits per heavy atom. The summed E-state index contributed by atoms with van der Waals surface area (Å²) in [6, 6.07) is 7.10. The average Bonchev–Trinajstić information content (AvgIpc) is 2.62. The van der Waals surface area contributed by atoms with Crippen molar-refractivity contribution < 1.29 is 8.42 Å². The molecule has 2 fully saturated rings. The van der Waals surface area contributed by atoms with Crippen molar-refractivity contribution >= 4 is 10.0 Å². The minimum atomic E-state index is -3.45. The first-order chi connectivity index (χ1) is 11.9. The third kappa shape index (κ3) is 4.42. The van der Waals surface area contributed by atoms with Crippen molar-refractivity contribution in [3.63, 3.8) is 0 Å². The van der Waals surface area contributed by atoms with E-state index in [0.29, 0.717) is 11.4 Å². The van der Waals surface area contributed by atoms with E-state index in [0.717, 1.165) is 44.6 Å². The van der Waals surface area contributed by atoms with E-state index in [1.165, 1.54) is 19.3 Å². The summed E-state index contributed by atoms with van der Waals surface area (Å²) in [6.07, 6.45) is 5.83. The molecule has 140 valence electrons.